The zero-order valence-corrected chi connectivity index (χ0v) is 17.1. The summed E-state index contributed by atoms with van der Waals surface area (Å²) in [5.74, 6) is -3.06. The average molecular weight is 429 g/mol. The van der Waals surface area contributed by atoms with Crippen LogP contribution >= 0.6 is 0 Å². The summed E-state index contributed by atoms with van der Waals surface area (Å²) in [5.41, 5.74) is 2.76. The van der Waals surface area contributed by atoms with Crippen molar-refractivity contribution in [3.63, 3.8) is 0 Å². The maximum absolute atomic E-state index is 14.3. The van der Waals surface area contributed by atoms with Gasteiger partial charge in [-0.1, -0.05) is 0 Å². The Labute approximate surface area is 178 Å². The molecular weight excluding hydrogens is 404 g/mol. The highest BCUT2D eigenvalue weighted by Gasteiger charge is 2.41. The summed E-state index contributed by atoms with van der Waals surface area (Å²) in [6.45, 7) is 2.17. The first kappa shape index (κ1) is 20.2. The Kier molecular flexibility index (Phi) is 5.49. The van der Waals surface area contributed by atoms with Crippen molar-refractivity contribution < 1.29 is 13.5 Å². The zero-order chi connectivity index (χ0) is 21.3. The molecule has 0 saturated carbocycles. The average Bonchev–Trinajstić information content (AvgIpc) is 3.29. The molecular formula is C21H25F2N7O. The van der Waals surface area contributed by atoms with Crippen molar-refractivity contribution in [2.75, 3.05) is 38.2 Å². The van der Waals surface area contributed by atoms with Crippen LogP contribution in [0.25, 0.3) is 22.3 Å². The predicted molar refractivity (Wildman–Crippen MR) is 112 cm³/mol. The van der Waals surface area contributed by atoms with Crippen LogP contribution < -0.4 is 10.6 Å². The third-order valence-corrected chi connectivity index (χ3v) is 6.06. The molecule has 2 N–H and O–H groups in total. The van der Waals surface area contributed by atoms with Crippen molar-refractivity contribution in [1.29, 1.82) is 0 Å². The summed E-state index contributed by atoms with van der Waals surface area (Å²) in [6, 6.07) is 2.16. The van der Waals surface area contributed by atoms with E-state index >= 15 is 0 Å². The molecule has 0 bridgehead atoms. The summed E-state index contributed by atoms with van der Waals surface area (Å²) in [7, 11) is 0. The Morgan fingerprint density at radius 1 is 1.23 bits per heavy atom. The van der Waals surface area contributed by atoms with Crippen molar-refractivity contribution in [3.8, 4) is 11.3 Å². The fourth-order valence-corrected chi connectivity index (χ4v) is 4.19. The van der Waals surface area contributed by atoms with Crippen LogP contribution in [0.2, 0.25) is 0 Å². The van der Waals surface area contributed by atoms with Crippen LogP contribution in [0.4, 0.5) is 14.6 Å². The van der Waals surface area contributed by atoms with Gasteiger partial charge in [0.05, 0.1) is 29.4 Å². The van der Waals surface area contributed by atoms with Crippen LogP contribution in [-0.2, 0) is 4.74 Å². The number of hydrogen-bond donors (Lipinski definition) is 2. The van der Waals surface area contributed by atoms with E-state index in [9.17, 15) is 8.78 Å². The monoisotopic (exact) mass is 429 g/mol. The smallest absolute Gasteiger partial charge is 0.255 e. The largest absolute Gasteiger partial charge is 0.381 e. The number of anilines is 1. The number of fused-ring (bicyclic) bond motifs is 1. The summed E-state index contributed by atoms with van der Waals surface area (Å²) >= 11 is 0. The molecule has 5 rings (SSSR count). The second-order valence-electron chi connectivity index (χ2n) is 8.13. The van der Waals surface area contributed by atoms with Crippen molar-refractivity contribution >= 4 is 16.9 Å². The van der Waals surface area contributed by atoms with E-state index in [2.05, 4.69) is 25.7 Å². The number of pyridine rings is 1. The molecule has 0 radical (unpaired) electrons. The first-order valence-electron chi connectivity index (χ1n) is 10.7. The number of ether oxygens (including phenoxy) is 1. The molecule has 2 fully saturated rings. The quantitative estimate of drug-likeness (QED) is 0.645. The van der Waals surface area contributed by atoms with Crippen molar-refractivity contribution in [1.82, 2.24) is 30.0 Å². The number of aromatic nitrogens is 5. The number of piperidine rings is 1. The summed E-state index contributed by atoms with van der Waals surface area (Å²) in [6.07, 6.45) is 8.64. The van der Waals surface area contributed by atoms with E-state index in [0.29, 0.717) is 35.1 Å². The van der Waals surface area contributed by atoms with Crippen LogP contribution in [-0.4, -0.2) is 63.5 Å². The highest BCUT2D eigenvalue weighted by molar-refractivity contribution is 5.88. The number of hydrogen-bond acceptors (Lipinski definition) is 7. The van der Waals surface area contributed by atoms with Gasteiger partial charge in [0.1, 0.15) is 5.52 Å². The molecule has 0 aliphatic carbocycles. The van der Waals surface area contributed by atoms with Gasteiger partial charge in [-0.15, -0.1) is 0 Å². The third-order valence-electron chi connectivity index (χ3n) is 6.06. The third kappa shape index (κ3) is 4.22. The molecule has 10 heteroatoms. The van der Waals surface area contributed by atoms with Gasteiger partial charge in [0, 0.05) is 63.4 Å². The van der Waals surface area contributed by atoms with E-state index in [0.717, 1.165) is 31.6 Å². The number of alkyl halides is 2. The van der Waals surface area contributed by atoms with E-state index in [4.69, 9.17) is 9.72 Å². The van der Waals surface area contributed by atoms with Crippen LogP contribution in [0.15, 0.2) is 30.9 Å². The SMILES string of the molecule is FC1(F)CCNC[C@H]1CNc1nc(-c2cnn(C3CCOCC3)c2)cc2nccnc12. The van der Waals surface area contributed by atoms with Gasteiger partial charge < -0.3 is 15.4 Å². The fraction of sp³-hybridized carbons (Fsp3) is 0.524. The number of halogens is 2. The Morgan fingerprint density at radius 3 is 2.90 bits per heavy atom. The van der Waals surface area contributed by atoms with E-state index in [-0.39, 0.29) is 19.5 Å². The first-order valence-corrected chi connectivity index (χ1v) is 10.7. The molecule has 2 saturated heterocycles. The highest BCUT2D eigenvalue weighted by Crippen LogP contribution is 2.32. The van der Waals surface area contributed by atoms with Crippen LogP contribution in [0, 0.1) is 5.92 Å². The lowest BCUT2D eigenvalue weighted by molar-refractivity contribution is -0.0728. The van der Waals surface area contributed by atoms with Gasteiger partial charge in [-0.25, -0.2) is 18.7 Å². The maximum atomic E-state index is 14.3. The van der Waals surface area contributed by atoms with Gasteiger partial charge in [0.2, 0.25) is 0 Å². The molecule has 164 valence electrons. The van der Waals surface area contributed by atoms with Crippen molar-refractivity contribution in [2.45, 2.75) is 31.2 Å². The Morgan fingerprint density at radius 2 is 2.06 bits per heavy atom. The topological polar surface area (TPSA) is 89.8 Å². The summed E-state index contributed by atoms with van der Waals surface area (Å²) in [4.78, 5) is 13.5. The molecule has 2 aliphatic heterocycles. The second kappa shape index (κ2) is 8.43. The second-order valence-corrected chi connectivity index (χ2v) is 8.13. The summed E-state index contributed by atoms with van der Waals surface area (Å²) in [5, 5.41) is 10.7. The number of nitrogens with one attached hydrogen (secondary N) is 2. The van der Waals surface area contributed by atoms with Crippen LogP contribution in [0.3, 0.4) is 0 Å². The maximum Gasteiger partial charge on any atom is 0.255 e. The zero-order valence-electron chi connectivity index (χ0n) is 17.1. The molecule has 1 atom stereocenters. The molecule has 2 aliphatic rings. The highest BCUT2D eigenvalue weighted by atomic mass is 19.3. The van der Waals surface area contributed by atoms with E-state index < -0.39 is 11.8 Å². The lowest BCUT2D eigenvalue weighted by atomic mass is 9.95. The van der Waals surface area contributed by atoms with Gasteiger partial charge in [-0.05, 0) is 18.9 Å². The van der Waals surface area contributed by atoms with Gasteiger partial charge in [0.15, 0.2) is 5.82 Å². The number of nitrogens with zero attached hydrogens (tertiary/aromatic N) is 5. The van der Waals surface area contributed by atoms with Gasteiger partial charge in [0.25, 0.3) is 5.92 Å². The van der Waals surface area contributed by atoms with E-state index in [1.54, 1.807) is 18.6 Å². The molecule has 3 aromatic rings. The fourth-order valence-electron chi connectivity index (χ4n) is 4.19. The Bertz CT molecular complexity index is 1050. The predicted octanol–water partition coefficient (Wildman–Crippen LogP) is 2.90. The van der Waals surface area contributed by atoms with Gasteiger partial charge in [-0.3, -0.25) is 9.67 Å². The molecule has 0 aromatic carbocycles. The molecule has 5 heterocycles. The minimum Gasteiger partial charge on any atom is -0.381 e. The normalized spacial score (nSPS) is 21.9. The van der Waals surface area contributed by atoms with E-state index in [1.807, 2.05) is 16.9 Å². The van der Waals surface area contributed by atoms with Crippen molar-refractivity contribution in [2.24, 2.45) is 5.92 Å². The number of rotatable bonds is 5. The lowest BCUT2D eigenvalue weighted by Crippen LogP contribution is -2.47. The first-order chi connectivity index (χ1) is 15.1. The molecule has 3 aromatic heterocycles. The standard InChI is InChI=1S/C21H25F2N7O/c22-21(23)3-4-24-11-15(21)12-27-20-19-18(25-5-6-26-19)9-17(29-20)14-10-28-30(13-14)16-1-7-31-8-2-16/h5-6,9-10,13,15-16,24H,1-4,7-8,11-12H2,(H,27,29)/t15-/m0/s1. The van der Waals surface area contributed by atoms with Crippen LogP contribution in [0.1, 0.15) is 25.3 Å². The molecule has 0 amide bonds. The van der Waals surface area contributed by atoms with Gasteiger partial charge >= 0.3 is 0 Å². The minimum absolute atomic E-state index is 0.101. The Balaban J connectivity index is 1.43. The molecule has 31 heavy (non-hydrogen) atoms. The molecule has 0 spiro atoms. The molecule has 8 nitrogen and oxygen atoms in total. The Hall–Kier alpha value is -2.72. The lowest BCUT2D eigenvalue weighted by Gasteiger charge is -2.32. The van der Waals surface area contributed by atoms with Gasteiger partial charge in [-0.2, -0.15) is 5.10 Å². The summed E-state index contributed by atoms with van der Waals surface area (Å²) < 4.78 is 35.9. The minimum atomic E-state index is -2.71. The van der Waals surface area contributed by atoms with E-state index in [1.165, 1.54) is 0 Å². The van der Waals surface area contributed by atoms with Crippen molar-refractivity contribution in [3.05, 3.63) is 30.9 Å². The molecule has 0 unspecified atom stereocenters. The van der Waals surface area contributed by atoms with Crippen LogP contribution in [0.5, 0.6) is 0 Å².